The quantitative estimate of drug-likeness (QED) is 0.638. The summed E-state index contributed by atoms with van der Waals surface area (Å²) in [6.07, 6.45) is 2.83. The molecule has 0 heterocycles. The average Bonchev–Trinajstić information content (AvgIpc) is 2.39. The van der Waals surface area contributed by atoms with E-state index in [2.05, 4.69) is 5.32 Å². The standard InChI is InChI=1S/C13H20N2O3/c1-18-10-5-6-12(16)11(9-10)13(17)15-8-4-2-3-7-14/h5-6,9,16H,2-4,7-8,14H2,1H3,(H,15,17). The predicted molar refractivity (Wildman–Crippen MR) is 69.9 cm³/mol. The number of methoxy groups -OCH3 is 1. The van der Waals surface area contributed by atoms with E-state index in [1.54, 1.807) is 6.07 Å². The first-order chi connectivity index (χ1) is 8.69. The first-order valence-electron chi connectivity index (χ1n) is 6.04. The van der Waals surface area contributed by atoms with Crippen molar-refractivity contribution in [2.24, 2.45) is 5.73 Å². The fraction of sp³-hybridized carbons (Fsp3) is 0.462. The Bertz CT molecular complexity index is 394. The smallest absolute Gasteiger partial charge is 0.255 e. The van der Waals surface area contributed by atoms with E-state index in [9.17, 15) is 9.90 Å². The second-order valence-electron chi connectivity index (χ2n) is 3.99. The molecule has 5 heteroatoms. The van der Waals surface area contributed by atoms with Crippen LogP contribution in [0.15, 0.2) is 18.2 Å². The number of rotatable bonds is 7. The third-order valence-corrected chi connectivity index (χ3v) is 2.61. The van der Waals surface area contributed by atoms with Crippen molar-refractivity contribution in [1.29, 1.82) is 0 Å². The summed E-state index contributed by atoms with van der Waals surface area (Å²) in [4.78, 5) is 11.8. The molecule has 0 bridgehead atoms. The van der Waals surface area contributed by atoms with Gasteiger partial charge < -0.3 is 20.9 Å². The molecule has 1 aromatic carbocycles. The zero-order chi connectivity index (χ0) is 13.4. The van der Waals surface area contributed by atoms with Crippen molar-refractivity contribution in [3.8, 4) is 11.5 Å². The Kier molecular flexibility index (Phi) is 6.00. The largest absolute Gasteiger partial charge is 0.507 e. The van der Waals surface area contributed by atoms with Crippen molar-refractivity contribution in [3.05, 3.63) is 23.8 Å². The molecule has 0 saturated carbocycles. The van der Waals surface area contributed by atoms with Crippen LogP contribution in [0, 0.1) is 0 Å². The van der Waals surface area contributed by atoms with Gasteiger partial charge in [0.15, 0.2) is 0 Å². The number of nitrogens with one attached hydrogen (secondary N) is 1. The van der Waals surface area contributed by atoms with Crippen LogP contribution >= 0.6 is 0 Å². The van der Waals surface area contributed by atoms with Crippen LogP contribution in [-0.2, 0) is 0 Å². The van der Waals surface area contributed by atoms with E-state index in [1.807, 2.05) is 0 Å². The second kappa shape index (κ2) is 7.55. The molecule has 0 aromatic heterocycles. The number of carbonyl (C=O) groups excluding carboxylic acids is 1. The van der Waals surface area contributed by atoms with Crippen molar-refractivity contribution >= 4 is 5.91 Å². The molecule has 0 saturated heterocycles. The second-order valence-corrected chi connectivity index (χ2v) is 3.99. The molecular weight excluding hydrogens is 232 g/mol. The number of unbranched alkanes of at least 4 members (excludes halogenated alkanes) is 2. The fourth-order valence-corrected chi connectivity index (χ4v) is 1.57. The molecule has 0 atom stereocenters. The van der Waals surface area contributed by atoms with Gasteiger partial charge in [0.05, 0.1) is 12.7 Å². The molecule has 1 amide bonds. The Labute approximate surface area is 107 Å². The van der Waals surface area contributed by atoms with Gasteiger partial charge in [-0.15, -0.1) is 0 Å². The molecule has 0 aliphatic heterocycles. The third kappa shape index (κ3) is 4.25. The van der Waals surface area contributed by atoms with Crippen molar-refractivity contribution in [2.75, 3.05) is 20.2 Å². The van der Waals surface area contributed by atoms with E-state index in [4.69, 9.17) is 10.5 Å². The molecule has 18 heavy (non-hydrogen) atoms. The van der Waals surface area contributed by atoms with E-state index in [-0.39, 0.29) is 17.2 Å². The topological polar surface area (TPSA) is 84.6 Å². The number of phenols is 1. The lowest BCUT2D eigenvalue weighted by Crippen LogP contribution is -2.24. The van der Waals surface area contributed by atoms with Gasteiger partial charge in [0.2, 0.25) is 0 Å². The first-order valence-corrected chi connectivity index (χ1v) is 6.04. The van der Waals surface area contributed by atoms with Gasteiger partial charge in [0.1, 0.15) is 11.5 Å². The summed E-state index contributed by atoms with van der Waals surface area (Å²) in [6.45, 7) is 1.25. The number of hydrogen-bond donors (Lipinski definition) is 3. The summed E-state index contributed by atoms with van der Waals surface area (Å²) < 4.78 is 5.01. The van der Waals surface area contributed by atoms with Gasteiger partial charge in [-0.2, -0.15) is 0 Å². The Morgan fingerprint density at radius 1 is 1.39 bits per heavy atom. The summed E-state index contributed by atoms with van der Waals surface area (Å²) in [7, 11) is 1.51. The van der Waals surface area contributed by atoms with Gasteiger partial charge in [-0.05, 0) is 37.6 Å². The lowest BCUT2D eigenvalue weighted by molar-refractivity contribution is 0.0950. The van der Waals surface area contributed by atoms with Gasteiger partial charge in [0.25, 0.3) is 5.91 Å². The van der Waals surface area contributed by atoms with Gasteiger partial charge >= 0.3 is 0 Å². The molecule has 0 radical (unpaired) electrons. The van der Waals surface area contributed by atoms with Crippen LogP contribution in [0.4, 0.5) is 0 Å². The number of phenolic OH excluding ortho intramolecular Hbond substituents is 1. The number of ether oxygens (including phenoxy) is 1. The van der Waals surface area contributed by atoms with Crippen LogP contribution in [0.25, 0.3) is 0 Å². The maximum absolute atomic E-state index is 11.8. The highest BCUT2D eigenvalue weighted by Gasteiger charge is 2.11. The Hall–Kier alpha value is -1.75. The Balaban J connectivity index is 2.50. The highest BCUT2D eigenvalue weighted by molar-refractivity contribution is 5.97. The van der Waals surface area contributed by atoms with Gasteiger partial charge in [-0.25, -0.2) is 0 Å². The van der Waals surface area contributed by atoms with E-state index in [0.717, 1.165) is 19.3 Å². The van der Waals surface area contributed by atoms with Crippen LogP contribution < -0.4 is 15.8 Å². The summed E-state index contributed by atoms with van der Waals surface area (Å²) >= 11 is 0. The van der Waals surface area contributed by atoms with Crippen LogP contribution in [0.1, 0.15) is 29.6 Å². The highest BCUT2D eigenvalue weighted by atomic mass is 16.5. The normalized spacial score (nSPS) is 10.1. The van der Waals surface area contributed by atoms with E-state index < -0.39 is 0 Å². The summed E-state index contributed by atoms with van der Waals surface area (Å²) in [5.74, 6) is 0.204. The first kappa shape index (κ1) is 14.3. The molecular formula is C13H20N2O3. The lowest BCUT2D eigenvalue weighted by atomic mass is 10.1. The van der Waals surface area contributed by atoms with Gasteiger partial charge in [-0.3, -0.25) is 4.79 Å². The number of amides is 1. The summed E-state index contributed by atoms with van der Waals surface area (Å²) in [6, 6.07) is 4.57. The maximum Gasteiger partial charge on any atom is 0.255 e. The Morgan fingerprint density at radius 2 is 2.17 bits per heavy atom. The minimum Gasteiger partial charge on any atom is -0.507 e. The van der Waals surface area contributed by atoms with Gasteiger partial charge in [-0.1, -0.05) is 6.42 Å². The highest BCUT2D eigenvalue weighted by Crippen LogP contribution is 2.22. The van der Waals surface area contributed by atoms with Crippen molar-refractivity contribution in [2.45, 2.75) is 19.3 Å². The van der Waals surface area contributed by atoms with E-state index >= 15 is 0 Å². The predicted octanol–water partition coefficient (Wildman–Crippen LogP) is 1.26. The van der Waals surface area contributed by atoms with Crippen molar-refractivity contribution in [1.82, 2.24) is 5.32 Å². The molecule has 100 valence electrons. The number of nitrogens with two attached hydrogens (primary N) is 1. The minimum absolute atomic E-state index is 0.0461. The number of carbonyl (C=O) groups is 1. The lowest BCUT2D eigenvalue weighted by Gasteiger charge is -2.08. The van der Waals surface area contributed by atoms with Crippen LogP contribution in [0.2, 0.25) is 0 Å². The number of aromatic hydroxyl groups is 1. The number of hydrogen-bond acceptors (Lipinski definition) is 4. The van der Waals surface area contributed by atoms with Crippen molar-refractivity contribution in [3.63, 3.8) is 0 Å². The molecule has 0 unspecified atom stereocenters. The SMILES string of the molecule is COc1ccc(O)c(C(=O)NCCCCCN)c1. The average molecular weight is 252 g/mol. The fourth-order valence-electron chi connectivity index (χ4n) is 1.57. The zero-order valence-corrected chi connectivity index (χ0v) is 10.6. The zero-order valence-electron chi connectivity index (χ0n) is 10.6. The monoisotopic (exact) mass is 252 g/mol. The summed E-state index contributed by atoms with van der Waals surface area (Å²) in [5.41, 5.74) is 5.61. The third-order valence-electron chi connectivity index (χ3n) is 2.61. The molecule has 0 spiro atoms. The molecule has 0 aliphatic carbocycles. The van der Waals surface area contributed by atoms with Gasteiger partial charge in [0, 0.05) is 6.54 Å². The van der Waals surface area contributed by atoms with Crippen LogP contribution in [-0.4, -0.2) is 31.2 Å². The molecule has 0 fully saturated rings. The van der Waals surface area contributed by atoms with Crippen LogP contribution in [0.3, 0.4) is 0 Å². The van der Waals surface area contributed by atoms with E-state index in [0.29, 0.717) is 18.8 Å². The summed E-state index contributed by atoms with van der Waals surface area (Å²) in [5, 5.41) is 12.4. The molecule has 5 nitrogen and oxygen atoms in total. The molecule has 1 aromatic rings. The molecule has 4 N–H and O–H groups in total. The maximum atomic E-state index is 11.8. The molecule has 0 aliphatic rings. The minimum atomic E-state index is -0.292. The van der Waals surface area contributed by atoms with Crippen molar-refractivity contribution < 1.29 is 14.6 Å². The number of benzene rings is 1. The van der Waals surface area contributed by atoms with E-state index in [1.165, 1.54) is 19.2 Å². The van der Waals surface area contributed by atoms with Crippen LogP contribution in [0.5, 0.6) is 11.5 Å². The molecule has 1 rings (SSSR count). The Morgan fingerprint density at radius 3 is 2.83 bits per heavy atom.